The summed E-state index contributed by atoms with van der Waals surface area (Å²) in [5.41, 5.74) is 1.82. The molecule has 0 aliphatic carbocycles. The first-order valence-corrected chi connectivity index (χ1v) is 9.02. The second kappa shape index (κ2) is 7.74. The fourth-order valence-electron chi connectivity index (χ4n) is 2.79. The maximum absolute atomic E-state index is 12.3. The second-order valence-corrected chi connectivity index (χ2v) is 6.60. The lowest BCUT2D eigenvalue weighted by Crippen LogP contribution is -2.25. The number of ether oxygens (including phenoxy) is 1. The largest absolute Gasteiger partial charge is 0.482 e. The minimum absolute atomic E-state index is 0.0735. The molecular weight excluding hydrogens is 382 g/mol. The molecule has 0 saturated carbocycles. The van der Waals surface area contributed by atoms with Crippen LogP contribution in [-0.2, 0) is 16.0 Å². The first-order chi connectivity index (χ1) is 13.6. The topological polar surface area (TPSA) is 93.5 Å². The van der Waals surface area contributed by atoms with Crippen molar-refractivity contribution in [2.75, 3.05) is 17.2 Å². The van der Waals surface area contributed by atoms with Gasteiger partial charge in [0.25, 0.3) is 5.91 Å². The number of halogens is 1. The number of amides is 2. The van der Waals surface area contributed by atoms with Crippen molar-refractivity contribution in [3.8, 4) is 17.1 Å². The Morgan fingerprint density at radius 2 is 2.07 bits per heavy atom. The third-order valence-electron chi connectivity index (χ3n) is 4.15. The number of aryl methyl sites for hydroxylation is 1. The molecule has 1 aromatic heterocycles. The highest BCUT2D eigenvalue weighted by Gasteiger charge is 2.19. The number of hydrogen-bond donors (Lipinski definition) is 2. The lowest BCUT2D eigenvalue weighted by molar-refractivity contribution is -0.118. The summed E-state index contributed by atoms with van der Waals surface area (Å²) in [5, 5.41) is 5.72. The minimum Gasteiger partial charge on any atom is -0.482 e. The fraction of sp³-hybridized carbons (Fsp3) is 0.150. The van der Waals surface area contributed by atoms with Crippen molar-refractivity contribution in [2.45, 2.75) is 12.8 Å². The highest BCUT2D eigenvalue weighted by atomic mass is 35.5. The van der Waals surface area contributed by atoms with E-state index >= 15 is 0 Å². The fourth-order valence-corrected chi connectivity index (χ4v) is 3.00. The van der Waals surface area contributed by atoms with E-state index in [0.717, 1.165) is 5.56 Å². The monoisotopic (exact) mass is 397 g/mol. The lowest BCUT2D eigenvalue weighted by atomic mass is 10.2. The van der Waals surface area contributed by atoms with Gasteiger partial charge in [0.15, 0.2) is 18.3 Å². The van der Waals surface area contributed by atoms with Gasteiger partial charge in [-0.2, -0.15) is 0 Å². The van der Waals surface area contributed by atoms with E-state index in [0.29, 0.717) is 40.2 Å². The number of aromatic nitrogens is 1. The van der Waals surface area contributed by atoms with Crippen molar-refractivity contribution in [1.29, 1.82) is 0 Å². The van der Waals surface area contributed by atoms with E-state index < -0.39 is 0 Å². The Labute approximate surface area is 165 Å². The van der Waals surface area contributed by atoms with E-state index in [-0.39, 0.29) is 24.8 Å². The Morgan fingerprint density at radius 1 is 1.25 bits per heavy atom. The second-order valence-electron chi connectivity index (χ2n) is 6.20. The molecule has 4 rings (SSSR count). The van der Waals surface area contributed by atoms with Crippen molar-refractivity contribution in [1.82, 2.24) is 4.98 Å². The number of anilines is 2. The van der Waals surface area contributed by atoms with Gasteiger partial charge in [0, 0.05) is 24.5 Å². The third kappa shape index (κ3) is 3.99. The van der Waals surface area contributed by atoms with Crippen LogP contribution in [0.3, 0.4) is 0 Å². The maximum atomic E-state index is 12.3. The average molecular weight is 398 g/mol. The Bertz CT molecular complexity index is 1030. The predicted octanol–water partition coefficient (Wildman–Crippen LogP) is 3.90. The molecule has 8 heteroatoms. The van der Waals surface area contributed by atoms with Crippen molar-refractivity contribution in [3.05, 3.63) is 59.6 Å². The lowest BCUT2D eigenvalue weighted by Gasteiger charge is -2.19. The zero-order chi connectivity index (χ0) is 19.5. The normalized spacial score (nSPS) is 12.7. The summed E-state index contributed by atoms with van der Waals surface area (Å²) in [5.74, 6) is 1.12. The number of carbonyl (C=O) groups is 2. The van der Waals surface area contributed by atoms with E-state index in [4.69, 9.17) is 20.8 Å². The van der Waals surface area contributed by atoms with Gasteiger partial charge in [-0.25, -0.2) is 4.98 Å². The summed E-state index contributed by atoms with van der Waals surface area (Å²) in [6.07, 6.45) is 2.18. The van der Waals surface area contributed by atoms with Gasteiger partial charge in [-0.3, -0.25) is 9.59 Å². The standard InChI is InChI=1S/C20H16ClN3O4/c21-13-8-15-16(27-11-19(26)24-15)9-14(13)23-18(25)6-7-20-22-10-17(28-20)12-4-2-1-3-5-12/h1-5,8-10H,6-7,11H2,(H,23,25)(H,24,26). The van der Waals surface area contributed by atoms with Crippen LogP contribution >= 0.6 is 11.6 Å². The first-order valence-electron chi connectivity index (χ1n) is 8.64. The molecule has 0 radical (unpaired) electrons. The molecule has 3 aromatic rings. The van der Waals surface area contributed by atoms with Gasteiger partial charge in [0.2, 0.25) is 5.91 Å². The van der Waals surface area contributed by atoms with Crippen LogP contribution in [0.1, 0.15) is 12.3 Å². The minimum atomic E-state index is -0.249. The SMILES string of the molecule is O=C(CCc1ncc(-c2ccccc2)o1)Nc1cc2c(cc1Cl)NC(=O)CO2. The number of nitrogens with zero attached hydrogens (tertiary/aromatic N) is 1. The van der Waals surface area contributed by atoms with Crippen LogP contribution < -0.4 is 15.4 Å². The molecule has 2 N–H and O–H groups in total. The Morgan fingerprint density at radius 3 is 2.89 bits per heavy atom. The summed E-state index contributed by atoms with van der Waals surface area (Å²) >= 11 is 6.19. The maximum Gasteiger partial charge on any atom is 0.262 e. The van der Waals surface area contributed by atoms with Crippen LogP contribution in [0.4, 0.5) is 11.4 Å². The van der Waals surface area contributed by atoms with Gasteiger partial charge >= 0.3 is 0 Å². The molecule has 1 aliphatic rings. The van der Waals surface area contributed by atoms with Gasteiger partial charge in [-0.15, -0.1) is 0 Å². The predicted molar refractivity (Wildman–Crippen MR) is 104 cm³/mol. The van der Waals surface area contributed by atoms with Crippen molar-refractivity contribution >= 4 is 34.8 Å². The smallest absolute Gasteiger partial charge is 0.262 e. The number of oxazole rings is 1. The van der Waals surface area contributed by atoms with E-state index in [1.807, 2.05) is 30.3 Å². The van der Waals surface area contributed by atoms with Gasteiger partial charge < -0.3 is 19.8 Å². The van der Waals surface area contributed by atoms with Gasteiger partial charge in [0.1, 0.15) is 5.75 Å². The van der Waals surface area contributed by atoms with Gasteiger partial charge in [-0.1, -0.05) is 41.9 Å². The zero-order valence-corrected chi connectivity index (χ0v) is 15.5. The molecule has 7 nitrogen and oxygen atoms in total. The molecule has 0 atom stereocenters. The number of nitrogens with one attached hydrogen (secondary N) is 2. The summed E-state index contributed by atoms with van der Waals surface area (Å²) in [4.78, 5) is 27.9. The summed E-state index contributed by atoms with van der Waals surface area (Å²) in [7, 11) is 0. The molecule has 0 fully saturated rings. The molecule has 0 bridgehead atoms. The number of hydrogen-bond acceptors (Lipinski definition) is 5. The van der Waals surface area contributed by atoms with E-state index in [2.05, 4.69) is 15.6 Å². The average Bonchev–Trinajstić information content (AvgIpc) is 3.17. The van der Waals surface area contributed by atoms with Crippen molar-refractivity contribution in [3.63, 3.8) is 0 Å². The van der Waals surface area contributed by atoms with Crippen LogP contribution in [0.25, 0.3) is 11.3 Å². The van der Waals surface area contributed by atoms with Crippen molar-refractivity contribution in [2.24, 2.45) is 0 Å². The number of rotatable bonds is 5. The van der Waals surface area contributed by atoms with Gasteiger partial charge in [-0.05, 0) is 6.07 Å². The van der Waals surface area contributed by atoms with Crippen LogP contribution in [0.5, 0.6) is 5.75 Å². The van der Waals surface area contributed by atoms with Gasteiger partial charge in [0.05, 0.1) is 22.6 Å². The van der Waals surface area contributed by atoms with Crippen LogP contribution in [0.15, 0.2) is 53.1 Å². The summed E-state index contributed by atoms with van der Waals surface area (Å²) in [6, 6.07) is 12.8. The van der Waals surface area contributed by atoms with Crippen LogP contribution in [0, 0.1) is 0 Å². The third-order valence-corrected chi connectivity index (χ3v) is 4.47. The molecule has 28 heavy (non-hydrogen) atoms. The number of benzene rings is 2. The van der Waals surface area contributed by atoms with E-state index in [1.165, 1.54) is 0 Å². The zero-order valence-electron chi connectivity index (χ0n) is 14.7. The molecule has 0 saturated heterocycles. The van der Waals surface area contributed by atoms with Crippen molar-refractivity contribution < 1.29 is 18.7 Å². The first kappa shape index (κ1) is 18.1. The summed E-state index contributed by atoms with van der Waals surface area (Å²) < 4.78 is 11.0. The molecule has 2 heterocycles. The molecule has 2 aromatic carbocycles. The Hall–Kier alpha value is -3.32. The van der Waals surface area contributed by atoms with Crippen LogP contribution in [-0.4, -0.2) is 23.4 Å². The molecule has 0 unspecified atom stereocenters. The molecule has 1 aliphatic heterocycles. The number of carbonyl (C=O) groups excluding carboxylic acids is 2. The highest BCUT2D eigenvalue weighted by molar-refractivity contribution is 6.34. The molecule has 2 amide bonds. The van der Waals surface area contributed by atoms with Crippen LogP contribution in [0.2, 0.25) is 5.02 Å². The van der Waals surface area contributed by atoms with E-state index in [1.54, 1.807) is 18.3 Å². The molecule has 142 valence electrons. The number of fused-ring (bicyclic) bond motifs is 1. The molecular formula is C20H16ClN3O4. The molecule has 0 spiro atoms. The van der Waals surface area contributed by atoms with E-state index in [9.17, 15) is 9.59 Å². The Kier molecular flexibility index (Phi) is 4.99. The Balaban J connectivity index is 1.38. The quantitative estimate of drug-likeness (QED) is 0.681. The highest BCUT2D eigenvalue weighted by Crippen LogP contribution is 2.36. The summed E-state index contributed by atoms with van der Waals surface area (Å²) in [6.45, 7) is -0.0735.